The van der Waals surface area contributed by atoms with Crippen LogP contribution in [0.2, 0.25) is 0 Å². The molecule has 0 bridgehead atoms. The fourth-order valence-electron chi connectivity index (χ4n) is 3.87. The highest BCUT2D eigenvalue weighted by Crippen LogP contribution is 2.34. The molecule has 31 heavy (non-hydrogen) atoms. The number of benzene rings is 1. The molecule has 1 aliphatic heterocycles. The third-order valence-corrected chi connectivity index (χ3v) is 6.50. The van der Waals surface area contributed by atoms with Crippen molar-refractivity contribution in [3.63, 3.8) is 0 Å². The second kappa shape index (κ2) is 8.07. The van der Waals surface area contributed by atoms with E-state index in [0.29, 0.717) is 17.4 Å². The molecule has 0 aliphatic carbocycles. The van der Waals surface area contributed by atoms with Crippen LogP contribution in [0.3, 0.4) is 0 Å². The largest absolute Gasteiger partial charge is 0.348 e. The van der Waals surface area contributed by atoms with Crippen LogP contribution in [0.5, 0.6) is 0 Å². The molecule has 4 heterocycles. The monoisotopic (exact) mass is 434 g/mol. The molecule has 1 aromatic carbocycles. The first-order valence-electron chi connectivity index (χ1n) is 10.3. The van der Waals surface area contributed by atoms with E-state index in [4.69, 9.17) is 9.51 Å². The van der Waals surface area contributed by atoms with Gasteiger partial charge in [0.05, 0.1) is 16.3 Å². The van der Waals surface area contributed by atoms with E-state index in [-0.39, 0.29) is 18.0 Å². The molecule has 1 N–H and O–H groups in total. The minimum absolute atomic E-state index is 0.0306. The van der Waals surface area contributed by atoms with Crippen LogP contribution in [0.1, 0.15) is 37.2 Å². The number of rotatable bonds is 5. The smallest absolute Gasteiger partial charge is 0.259 e. The van der Waals surface area contributed by atoms with Crippen LogP contribution in [0, 0.1) is 6.92 Å². The molecular formula is C22H22N6O2S. The Morgan fingerprint density at radius 3 is 2.90 bits per heavy atom. The number of aryl methyl sites for hydroxylation is 1. The number of aromatic nitrogens is 4. The average Bonchev–Trinajstić information content (AvgIpc) is 3.52. The molecule has 1 fully saturated rings. The van der Waals surface area contributed by atoms with Gasteiger partial charge in [0.1, 0.15) is 6.04 Å². The first-order valence-corrected chi connectivity index (χ1v) is 11.1. The lowest BCUT2D eigenvalue weighted by molar-refractivity contribution is -0.122. The Bertz CT molecular complexity index is 1220. The molecule has 158 valence electrons. The van der Waals surface area contributed by atoms with Crippen molar-refractivity contribution in [1.29, 1.82) is 0 Å². The zero-order valence-corrected chi connectivity index (χ0v) is 18.1. The van der Waals surface area contributed by atoms with Gasteiger partial charge in [0.2, 0.25) is 5.91 Å². The van der Waals surface area contributed by atoms with E-state index >= 15 is 0 Å². The minimum Gasteiger partial charge on any atom is -0.348 e. The van der Waals surface area contributed by atoms with E-state index in [1.807, 2.05) is 43.3 Å². The van der Waals surface area contributed by atoms with Gasteiger partial charge in [0.25, 0.3) is 5.89 Å². The van der Waals surface area contributed by atoms with Gasteiger partial charge in [0, 0.05) is 12.7 Å². The van der Waals surface area contributed by atoms with Crippen molar-refractivity contribution in [2.24, 2.45) is 0 Å². The standard InChI is InChI=1S/C22H22N6O2S/c1-13(15-7-4-3-5-8-15)24-20(29)17-9-6-10-28(17)22-26-19-18(31-22)11-16(12-23-19)21-25-14(2)27-30-21/h3-5,7-8,11-13,17H,6,9-10H2,1-2H3,(H,24,29)/t13-,17-/m1/s1. The second-order valence-corrected chi connectivity index (χ2v) is 8.69. The predicted octanol–water partition coefficient (Wildman–Crippen LogP) is 3.90. The molecule has 0 radical (unpaired) electrons. The minimum atomic E-state index is -0.232. The Kier molecular flexibility index (Phi) is 5.11. The molecular weight excluding hydrogens is 412 g/mol. The summed E-state index contributed by atoms with van der Waals surface area (Å²) in [6.07, 6.45) is 3.45. The number of nitrogens with one attached hydrogen (secondary N) is 1. The van der Waals surface area contributed by atoms with Gasteiger partial charge < -0.3 is 14.7 Å². The number of amides is 1. The lowest BCUT2D eigenvalue weighted by atomic mass is 10.1. The molecule has 0 unspecified atom stereocenters. The Balaban J connectivity index is 1.36. The van der Waals surface area contributed by atoms with Crippen molar-refractivity contribution in [2.45, 2.75) is 38.8 Å². The first-order chi connectivity index (χ1) is 15.1. The third-order valence-electron chi connectivity index (χ3n) is 5.47. The highest BCUT2D eigenvalue weighted by molar-refractivity contribution is 7.22. The van der Waals surface area contributed by atoms with Crippen molar-refractivity contribution < 1.29 is 9.32 Å². The number of carbonyl (C=O) groups is 1. The van der Waals surface area contributed by atoms with Gasteiger partial charge in [-0.15, -0.1) is 0 Å². The molecule has 3 aromatic heterocycles. The normalized spacial score (nSPS) is 17.2. The zero-order valence-electron chi connectivity index (χ0n) is 17.3. The number of carbonyl (C=O) groups excluding carboxylic acids is 1. The molecule has 5 rings (SSSR count). The molecule has 0 saturated carbocycles. The Morgan fingerprint density at radius 1 is 1.29 bits per heavy atom. The van der Waals surface area contributed by atoms with Crippen LogP contribution in [0.4, 0.5) is 5.13 Å². The predicted molar refractivity (Wildman–Crippen MR) is 119 cm³/mol. The number of anilines is 1. The van der Waals surface area contributed by atoms with E-state index in [2.05, 4.69) is 25.3 Å². The van der Waals surface area contributed by atoms with Crippen molar-refractivity contribution >= 4 is 32.7 Å². The lowest BCUT2D eigenvalue weighted by Crippen LogP contribution is -2.44. The highest BCUT2D eigenvalue weighted by Gasteiger charge is 2.33. The van der Waals surface area contributed by atoms with E-state index in [1.54, 1.807) is 13.1 Å². The van der Waals surface area contributed by atoms with Crippen molar-refractivity contribution in [3.8, 4) is 11.5 Å². The molecule has 1 saturated heterocycles. The fourth-order valence-corrected chi connectivity index (χ4v) is 4.91. The first kappa shape index (κ1) is 19.6. The van der Waals surface area contributed by atoms with Crippen LogP contribution in [0.15, 0.2) is 47.1 Å². The summed E-state index contributed by atoms with van der Waals surface area (Å²) in [5, 5.41) is 7.81. The Morgan fingerprint density at radius 2 is 2.13 bits per heavy atom. The SMILES string of the molecule is Cc1noc(-c2cnc3nc(N4CCC[C@@H]4C(=O)N[C@H](C)c4ccccc4)sc3c2)n1. The summed E-state index contributed by atoms with van der Waals surface area (Å²) < 4.78 is 6.17. The summed E-state index contributed by atoms with van der Waals surface area (Å²) in [5.41, 5.74) is 2.51. The number of pyridine rings is 1. The van der Waals surface area contributed by atoms with Crippen LogP contribution < -0.4 is 10.2 Å². The molecule has 2 atom stereocenters. The second-order valence-electron chi connectivity index (χ2n) is 7.68. The molecule has 8 nitrogen and oxygen atoms in total. The van der Waals surface area contributed by atoms with Gasteiger partial charge in [0.15, 0.2) is 16.6 Å². The summed E-state index contributed by atoms with van der Waals surface area (Å²) in [7, 11) is 0. The van der Waals surface area contributed by atoms with Gasteiger partial charge in [-0.25, -0.2) is 4.98 Å². The highest BCUT2D eigenvalue weighted by atomic mass is 32.1. The van der Waals surface area contributed by atoms with Gasteiger partial charge in [-0.2, -0.15) is 9.97 Å². The van der Waals surface area contributed by atoms with Crippen molar-refractivity contribution in [3.05, 3.63) is 54.0 Å². The molecule has 1 amide bonds. The number of fused-ring (bicyclic) bond motifs is 1. The summed E-state index contributed by atoms with van der Waals surface area (Å²) in [6, 6.07) is 11.7. The van der Waals surface area contributed by atoms with E-state index in [0.717, 1.165) is 40.3 Å². The maximum Gasteiger partial charge on any atom is 0.259 e. The number of nitrogens with zero attached hydrogens (tertiary/aromatic N) is 5. The van der Waals surface area contributed by atoms with Gasteiger partial charge in [-0.3, -0.25) is 4.79 Å². The summed E-state index contributed by atoms with van der Waals surface area (Å²) in [6.45, 7) is 4.59. The summed E-state index contributed by atoms with van der Waals surface area (Å²) >= 11 is 1.53. The average molecular weight is 435 g/mol. The quantitative estimate of drug-likeness (QED) is 0.509. The zero-order chi connectivity index (χ0) is 21.4. The van der Waals surface area contributed by atoms with Gasteiger partial charge in [-0.1, -0.05) is 46.8 Å². The summed E-state index contributed by atoms with van der Waals surface area (Å²) in [5.74, 6) is 1.05. The Hall–Kier alpha value is -3.33. The van der Waals surface area contributed by atoms with E-state index in [1.165, 1.54) is 11.3 Å². The van der Waals surface area contributed by atoms with E-state index < -0.39 is 0 Å². The molecule has 1 aliphatic rings. The van der Waals surface area contributed by atoms with Crippen LogP contribution >= 0.6 is 11.3 Å². The molecule has 0 spiro atoms. The van der Waals surface area contributed by atoms with Gasteiger partial charge in [-0.05, 0) is 38.3 Å². The third kappa shape index (κ3) is 3.88. The summed E-state index contributed by atoms with van der Waals surface area (Å²) in [4.78, 5) is 28.6. The van der Waals surface area contributed by atoms with E-state index in [9.17, 15) is 4.79 Å². The maximum absolute atomic E-state index is 13.1. The molecule has 9 heteroatoms. The maximum atomic E-state index is 13.1. The van der Waals surface area contributed by atoms with Crippen LogP contribution in [-0.4, -0.2) is 38.6 Å². The fraction of sp³-hybridized carbons (Fsp3) is 0.318. The number of thiazole rings is 1. The number of hydrogen-bond acceptors (Lipinski definition) is 8. The van der Waals surface area contributed by atoms with Crippen LogP contribution in [-0.2, 0) is 4.79 Å². The van der Waals surface area contributed by atoms with Gasteiger partial charge >= 0.3 is 0 Å². The van der Waals surface area contributed by atoms with Crippen molar-refractivity contribution in [1.82, 2.24) is 25.4 Å². The lowest BCUT2D eigenvalue weighted by Gasteiger charge is -2.25. The number of hydrogen-bond donors (Lipinski definition) is 1. The molecule has 4 aromatic rings. The Labute approximate surface area is 183 Å². The van der Waals surface area contributed by atoms with Crippen LogP contribution in [0.25, 0.3) is 21.8 Å². The topological polar surface area (TPSA) is 97.0 Å². The van der Waals surface area contributed by atoms with Crippen molar-refractivity contribution in [2.75, 3.05) is 11.4 Å².